The Morgan fingerprint density at radius 1 is 1.42 bits per heavy atom. The Hall–Kier alpha value is -1.55. The molecule has 1 amide bonds. The Morgan fingerprint density at radius 2 is 2.05 bits per heavy atom. The topological polar surface area (TPSA) is 55.6 Å². The zero-order valence-electron chi connectivity index (χ0n) is 11.8. The van der Waals surface area contributed by atoms with E-state index in [1.807, 2.05) is 18.2 Å². The van der Waals surface area contributed by atoms with Crippen molar-refractivity contribution < 1.29 is 9.53 Å². The van der Waals surface area contributed by atoms with E-state index < -0.39 is 6.09 Å². The van der Waals surface area contributed by atoms with E-state index in [1.165, 1.54) is 5.56 Å². The maximum absolute atomic E-state index is 11.0. The van der Waals surface area contributed by atoms with E-state index in [2.05, 4.69) is 37.8 Å². The first kappa shape index (κ1) is 13.9. The molecule has 1 heterocycles. The predicted molar refractivity (Wildman–Crippen MR) is 74.7 cm³/mol. The average Bonchev–Trinajstić information content (AvgIpc) is 2.64. The molecule has 2 N–H and O–H groups in total. The first-order valence-electron chi connectivity index (χ1n) is 6.65. The van der Waals surface area contributed by atoms with Gasteiger partial charge in [-0.2, -0.15) is 0 Å². The minimum atomic E-state index is -0.688. The van der Waals surface area contributed by atoms with Gasteiger partial charge in [0.2, 0.25) is 0 Å². The molecule has 4 nitrogen and oxygen atoms in total. The Labute approximate surface area is 114 Å². The number of amides is 1. The van der Waals surface area contributed by atoms with Crippen molar-refractivity contribution in [2.75, 3.05) is 13.1 Å². The molecule has 1 fully saturated rings. The second-order valence-corrected chi connectivity index (χ2v) is 5.93. The molecule has 2 rings (SSSR count). The van der Waals surface area contributed by atoms with Gasteiger partial charge >= 0.3 is 6.09 Å². The highest BCUT2D eigenvalue weighted by molar-refractivity contribution is 5.65. The molecule has 19 heavy (non-hydrogen) atoms. The van der Waals surface area contributed by atoms with Crippen LogP contribution in [0.25, 0.3) is 0 Å². The van der Waals surface area contributed by atoms with Gasteiger partial charge in [0.1, 0.15) is 6.10 Å². The number of nitrogens with zero attached hydrogens (tertiary/aromatic N) is 1. The van der Waals surface area contributed by atoms with Crippen molar-refractivity contribution >= 4 is 6.09 Å². The smallest absolute Gasteiger partial charge is 0.404 e. The van der Waals surface area contributed by atoms with Gasteiger partial charge in [0.15, 0.2) is 0 Å². The van der Waals surface area contributed by atoms with Crippen LogP contribution in [0.2, 0.25) is 0 Å². The number of carbonyl (C=O) groups is 1. The van der Waals surface area contributed by atoms with Gasteiger partial charge < -0.3 is 10.5 Å². The minimum absolute atomic E-state index is 0.0714. The van der Waals surface area contributed by atoms with Gasteiger partial charge in [-0.25, -0.2) is 4.79 Å². The van der Waals surface area contributed by atoms with Crippen LogP contribution in [-0.2, 0) is 4.74 Å². The normalized spacial score (nSPS) is 24.1. The molecule has 0 radical (unpaired) electrons. The number of primary amides is 1. The first-order chi connectivity index (χ1) is 8.90. The summed E-state index contributed by atoms with van der Waals surface area (Å²) in [6.07, 6.45) is -0.830. The zero-order chi connectivity index (χ0) is 14.0. The molecule has 1 unspecified atom stereocenters. The molecule has 104 valence electrons. The van der Waals surface area contributed by atoms with Crippen molar-refractivity contribution in [2.24, 2.45) is 11.1 Å². The number of likely N-dealkylation sites (tertiary alicyclic amines) is 1. The molecule has 0 spiro atoms. The summed E-state index contributed by atoms with van der Waals surface area (Å²) in [5.74, 6) is 0. The third-order valence-electron chi connectivity index (χ3n) is 3.97. The number of nitrogens with two attached hydrogens (primary N) is 1. The van der Waals surface area contributed by atoms with Gasteiger partial charge in [0, 0.05) is 24.5 Å². The van der Waals surface area contributed by atoms with E-state index in [-0.39, 0.29) is 11.5 Å². The van der Waals surface area contributed by atoms with Crippen LogP contribution in [-0.4, -0.2) is 30.2 Å². The number of rotatable bonds is 3. The molecule has 1 aromatic rings. The van der Waals surface area contributed by atoms with E-state index in [0.717, 1.165) is 13.1 Å². The number of ether oxygens (including phenoxy) is 1. The number of carbonyl (C=O) groups excluding carboxylic acids is 1. The highest BCUT2D eigenvalue weighted by Crippen LogP contribution is 2.36. The Balaban J connectivity index is 2.09. The lowest BCUT2D eigenvalue weighted by molar-refractivity contribution is 0.0598. The van der Waals surface area contributed by atoms with E-state index in [9.17, 15) is 4.79 Å². The predicted octanol–water partition coefficient (Wildman–Crippen LogP) is 2.55. The second-order valence-electron chi connectivity index (χ2n) is 5.93. The van der Waals surface area contributed by atoms with Crippen molar-refractivity contribution in [3.8, 4) is 0 Å². The Morgan fingerprint density at radius 3 is 2.63 bits per heavy atom. The molecule has 1 saturated heterocycles. The summed E-state index contributed by atoms with van der Waals surface area (Å²) in [7, 11) is 0. The molecule has 0 aliphatic carbocycles. The summed E-state index contributed by atoms with van der Waals surface area (Å²) in [5.41, 5.74) is 6.35. The van der Waals surface area contributed by atoms with Gasteiger partial charge in [-0.15, -0.1) is 0 Å². The highest BCUT2D eigenvalue weighted by atomic mass is 16.6. The first-order valence-corrected chi connectivity index (χ1v) is 6.65. The summed E-state index contributed by atoms with van der Waals surface area (Å²) in [6.45, 7) is 8.02. The summed E-state index contributed by atoms with van der Waals surface area (Å²) < 4.78 is 5.24. The molecule has 0 bridgehead atoms. The second kappa shape index (κ2) is 5.21. The van der Waals surface area contributed by atoms with E-state index in [0.29, 0.717) is 6.04 Å². The fraction of sp³-hybridized carbons (Fsp3) is 0.533. The number of hydrogen-bond acceptors (Lipinski definition) is 3. The van der Waals surface area contributed by atoms with Gasteiger partial charge in [-0.05, 0) is 12.5 Å². The van der Waals surface area contributed by atoms with Crippen molar-refractivity contribution in [3.63, 3.8) is 0 Å². The van der Waals surface area contributed by atoms with Crippen LogP contribution in [0, 0.1) is 5.41 Å². The number of hydrogen-bond donors (Lipinski definition) is 1. The molecule has 4 heteroatoms. The fourth-order valence-electron chi connectivity index (χ4n) is 2.72. The molecule has 1 aliphatic heterocycles. The molecule has 1 aromatic carbocycles. The van der Waals surface area contributed by atoms with Crippen molar-refractivity contribution in [1.82, 2.24) is 4.90 Å². The maximum Gasteiger partial charge on any atom is 0.404 e. The van der Waals surface area contributed by atoms with Crippen LogP contribution in [0.5, 0.6) is 0 Å². The lowest BCUT2D eigenvalue weighted by atomic mass is 9.90. The van der Waals surface area contributed by atoms with Gasteiger partial charge in [0.25, 0.3) is 0 Å². The third kappa shape index (κ3) is 3.07. The van der Waals surface area contributed by atoms with Crippen molar-refractivity contribution in [3.05, 3.63) is 35.9 Å². The van der Waals surface area contributed by atoms with Gasteiger partial charge in [-0.3, -0.25) is 4.90 Å². The molecule has 2 atom stereocenters. The number of benzene rings is 1. The quantitative estimate of drug-likeness (QED) is 0.910. The summed E-state index contributed by atoms with van der Waals surface area (Å²) in [4.78, 5) is 13.3. The maximum atomic E-state index is 11.0. The Kier molecular flexibility index (Phi) is 3.80. The van der Waals surface area contributed by atoms with E-state index >= 15 is 0 Å². The summed E-state index contributed by atoms with van der Waals surface area (Å²) in [6, 6.07) is 10.7. The molecule has 1 aliphatic rings. The largest absolute Gasteiger partial charge is 0.444 e. The molecular formula is C15H22N2O2. The average molecular weight is 262 g/mol. The van der Waals surface area contributed by atoms with Crippen LogP contribution >= 0.6 is 0 Å². The van der Waals surface area contributed by atoms with Gasteiger partial charge in [-0.1, -0.05) is 44.2 Å². The van der Waals surface area contributed by atoms with Crippen molar-refractivity contribution in [1.29, 1.82) is 0 Å². The highest BCUT2D eigenvalue weighted by Gasteiger charge is 2.43. The SMILES string of the molecule is CC(c1ccccc1)N1C[C@H](OC(N)=O)C(C)(C)C1. The molecule has 0 aromatic heterocycles. The van der Waals surface area contributed by atoms with Crippen LogP contribution < -0.4 is 5.73 Å². The van der Waals surface area contributed by atoms with Crippen molar-refractivity contribution in [2.45, 2.75) is 32.9 Å². The third-order valence-corrected chi connectivity index (χ3v) is 3.97. The monoisotopic (exact) mass is 262 g/mol. The van der Waals surface area contributed by atoms with Gasteiger partial charge in [0.05, 0.1) is 0 Å². The van der Waals surface area contributed by atoms with E-state index in [1.54, 1.807) is 0 Å². The molecule has 0 saturated carbocycles. The fourth-order valence-corrected chi connectivity index (χ4v) is 2.72. The zero-order valence-corrected chi connectivity index (χ0v) is 11.8. The molecular weight excluding hydrogens is 240 g/mol. The summed E-state index contributed by atoms with van der Waals surface area (Å²) in [5, 5.41) is 0. The van der Waals surface area contributed by atoms with Crippen LogP contribution in [0.15, 0.2) is 30.3 Å². The lowest BCUT2D eigenvalue weighted by Crippen LogP contribution is -2.34. The van der Waals surface area contributed by atoms with Crippen LogP contribution in [0.4, 0.5) is 4.79 Å². The van der Waals surface area contributed by atoms with E-state index in [4.69, 9.17) is 10.5 Å². The Bertz CT molecular complexity index is 445. The lowest BCUT2D eigenvalue weighted by Gasteiger charge is -2.26. The van der Waals surface area contributed by atoms with Crippen LogP contribution in [0.1, 0.15) is 32.4 Å². The standard InChI is InChI=1S/C15H22N2O2/c1-11(12-7-5-4-6-8-12)17-9-13(19-14(16)18)15(2,3)10-17/h4-8,11,13H,9-10H2,1-3H3,(H2,16,18)/t11?,13-/m0/s1. The van der Waals surface area contributed by atoms with Crippen LogP contribution in [0.3, 0.4) is 0 Å². The summed E-state index contributed by atoms with van der Waals surface area (Å²) >= 11 is 0. The minimum Gasteiger partial charge on any atom is -0.444 e.